The van der Waals surface area contributed by atoms with Crippen LogP contribution in [0.5, 0.6) is 5.75 Å². The summed E-state index contributed by atoms with van der Waals surface area (Å²) in [7, 11) is 3.38. The molecule has 0 aliphatic heterocycles. The van der Waals surface area contributed by atoms with Crippen molar-refractivity contribution in [1.82, 2.24) is 0 Å². The number of hydrogen-bond acceptors (Lipinski definition) is 3. The average Bonchev–Trinajstić information content (AvgIpc) is 2.49. The molecule has 0 saturated heterocycles. The molecule has 0 heterocycles. The quantitative estimate of drug-likeness (QED) is 0.920. The second-order valence-corrected chi connectivity index (χ2v) is 4.70. The molecule has 1 atom stereocenters. The van der Waals surface area contributed by atoms with Gasteiger partial charge in [0.2, 0.25) is 0 Å². The molecule has 3 nitrogen and oxygen atoms in total. The first-order valence-corrected chi connectivity index (χ1v) is 6.59. The van der Waals surface area contributed by atoms with Crippen LogP contribution in [-0.4, -0.2) is 20.7 Å². The number of benzene rings is 2. The largest absolute Gasteiger partial charge is 0.495 e. The fourth-order valence-electron chi connectivity index (χ4n) is 2.35. The number of hydrogen-bond donors (Lipinski definition) is 1. The predicted molar refractivity (Wildman–Crippen MR) is 79.6 cm³/mol. The molecule has 0 saturated carbocycles. The Morgan fingerprint density at radius 3 is 2.52 bits per heavy atom. The van der Waals surface area contributed by atoms with Crippen molar-refractivity contribution in [1.29, 1.82) is 0 Å². The van der Waals surface area contributed by atoms with Gasteiger partial charge >= 0.3 is 0 Å². The Hall–Kier alpha value is -2.14. The highest BCUT2D eigenvalue weighted by atomic mass is 19.1. The van der Waals surface area contributed by atoms with Crippen molar-refractivity contribution >= 4 is 5.69 Å². The number of para-hydroxylation sites is 2. The highest BCUT2D eigenvalue weighted by Crippen LogP contribution is 2.33. The van der Waals surface area contributed by atoms with Crippen molar-refractivity contribution < 1.29 is 13.5 Å². The van der Waals surface area contributed by atoms with E-state index in [1.165, 1.54) is 12.1 Å². The summed E-state index contributed by atoms with van der Waals surface area (Å²) >= 11 is 0. The van der Waals surface area contributed by atoms with Crippen molar-refractivity contribution in [2.45, 2.75) is 6.04 Å². The summed E-state index contributed by atoms with van der Waals surface area (Å²) in [5, 5.41) is 0. The zero-order valence-corrected chi connectivity index (χ0v) is 12.0. The minimum Gasteiger partial charge on any atom is -0.495 e. The highest BCUT2D eigenvalue weighted by molar-refractivity contribution is 5.59. The van der Waals surface area contributed by atoms with Gasteiger partial charge in [-0.25, -0.2) is 8.78 Å². The van der Waals surface area contributed by atoms with E-state index in [1.54, 1.807) is 14.2 Å². The summed E-state index contributed by atoms with van der Waals surface area (Å²) in [4.78, 5) is 1.83. The Morgan fingerprint density at radius 1 is 1.19 bits per heavy atom. The van der Waals surface area contributed by atoms with E-state index in [0.717, 1.165) is 11.8 Å². The minimum atomic E-state index is -0.605. The Kier molecular flexibility index (Phi) is 4.75. The molecule has 0 aliphatic carbocycles. The molecule has 0 bridgehead atoms. The first-order valence-electron chi connectivity index (χ1n) is 6.59. The number of anilines is 1. The number of nitrogens with two attached hydrogens (primary N) is 1. The monoisotopic (exact) mass is 292 g/mol. The maximum atomic E-state index is 14.0. The van der Waals surface area contributed by atoms with Crippen LogP contribution in [0.1, 0.15) is 11.6 Å². The van der Waals surface area contributed by atoms with Gasteiger partial charge in [0.25, 0.3) is 0 Å². The molecule has 0 aliphatic rings. The number of ether oxygens (including phenoxy) is 1. The van der Waals surface area contributed by atoms with Gasteiger partial charge in [0.1, 0.15) is 17.4 Å². The first kappa shape index (κ1) is 15.3. The van der Waals surface area contributed by atoms with Crippen molar-refractivity contribution in [3.8, 4) is 5.75 Å². The average molecular weight is 292 g/mol. The van der Waals surface area contributed by atoms with Crippen LogP contribution in [0.3, 0.4) is 0 Å². The fourth-order valence-corrected chi connectivity index (χ4v) is 2.35. The van der Waals surface area contributed by atoms with Gasteiger partial charge in [-0.15, -0.1) is 0 Å². The summed E-state index contributed by atoms with van der Waals surface area (Å²) in [5.74, 6) is -0.542. The van der Waals surface area contributed by atoms with E-state index in [9.17, 15) is 8.78 Å². The van der Waals surface area contributed by atoms with Gasteiger partial charge in [0, 0.05) is 25.2 Å². The SMILES string of the molecule is COc1ccccc1N(C)C(CN)c1ccc(F)cc1F. The van der Waals surface area contributed by atoms with Gasteiger partial charge in [0.15, 0.2) is 0 Å². The normalized spacial score (nSPS) is 12.0. The molecule has 0 aromatic heterocycles. The Bertz CT molecular complexity index is 619. The van der Waals surface area contributed by atoms with Crippen LogP contribution in [0.15, 0.2) is 42.5 Å². The molecule has 2 N–H and O–H groups in total. The summed E-state index contributed by atoms with van der Waals surface area (Å²) in [6, 6.07) is 10.5. The van der Waals surface area contributed by atoms with E-state index in [1.807, 2.05) is 29.2 Å². The standard InChI is InChI=1S/C16H18F2N2O/c1-20(14-5-3-4-6-16(14)21-2)15(10-19)12-8-7-11(17)9-13(12)18/h3-9,15H,10,19H2,1-2H3. The van der Waals surface area contributed by atoms with Gasteiger partial charge in [-0.05, 0) is 18.2 Å². The zero-order valence-electron chi connectivity index (χ0n) is 12.0. The number of methoxy groups -OCH3 is 1. The number of likely N-dealkylation sites (N-methyl/N-ethyl adjacent to an activating group) is 1. The van der Waals surface area contributed by atoms with E-state index in [2.05, 4.69) is 0 Å². The summed E-state index contributed by atoms with van der Waals surface area (Å²) in [5.41, 5.74) is 6.94. The fraction of sp³-hybridized carbons (Fsp3) is 0.250. The third kappa shape index (κ3) is 3.13. The molecule has 0 amide bonds. The summed E-state index contributed by atoms with van der Waals surface area (Å²) in [6.45, 7) is 0.192. The van der Waals surface area contributed by atoms with Crippen LogP contribution in [0.4, 0.5) is 14.5 Å². The lowest BCUT2D eigenvalue weighted by atomic mass is 10.0. The lowest BCUT2D eigenvalue weighted by Crippen LogP contribution is -2.31. The number of nitrogens with zero attached hydrogens (tertiary/aromatic N) is 1. The first-order chi connectivity index (χ1) is 10.1. The van der Waals surface area contributed by atoms with Crippen LogP contribution in [0, 0.1) is 11.6 Å². The maximum absolute atomic E-state index is 14.0. The van der Waals surface area contributed by atoms with Crippen LogP contribution < -0.4 is 15.4 Å². The minimum absolute atomic E-state index is 0.192. The Balaban J connectivity index is 2.40. The Morgan fingerprint density at radius 2 is 1.90 bits per heavy atom. The number of halogens is 2. The van der Waals surface area contributed by atoms with Gasteiger partial charge in [0.05, 0.1) is 18.8 Å². The second kappa shape index (κ2) is 6.54. The molecule has 1 unspecified atom stereocenters. The summed E-state index contributed by atoms with van der Waals surface area (Å²) < 4.78 is 32.4. The van der Waals surface area contributed by atoms with Gasteiger partial charge in [-0.2, -0.15) is 0 Å². The molecule has 21 heavy (non-hydrogen) atoms. The van der Waals surface area contributed by atoms with E-state index < -0.39 is 17.7 Å². The second-order valence-electron chi connectivity index (χ2n) is 4.70. The van der Waals surface area contributed by atoms with Gasteiger partial charge < -0.3 is 15.4 Å². The molecule has 0 spiro atoms. The zero-order chi connectivity index (χ0) is 15.4. The van der Waals surface area contributed by atoms with Crippen molar-refractivity contribution in [2.75, 3.05) is 25.6 Å². The van der Waals surface area contributed by atoms with Gasteiger partial charge in [-0.3, -0.25) is 0 Å². The third-order valence-electron chi connectivity index (χ3n) is 3.48. The van der Waals surface area contributed by atoms with Crippen LogP contribution >= 0.6 is 0 Å². The van der Waals surface area contributed by atoms with E-state index in [0.29, 0.717) is 11.3 Å². The van der Waals surface area contributed by atoms with Crippen molar-refractivity contribution in [3.63, 3.8) is 0 Å². The molecule has 0 radical (unpaired) electrons. The number of rotatable bonds is 5. The lowest BCUT2D eigenvalue weighted by Gasteiger charge is -2.30. The highest BCUT2D eigenvalue weighted by Gasteiger charge is 2.21. The summed E-state index contributed by atoms with van der Waals surface area (Å²) in [6.07, 6.45) is 0. The molecule has 5 heteroatoms. The molecular formula is C16H18F2N2O. The van der Waals surface area contributed by atoms with E-state index in [-0.39, 0.29) is 6.54 Å². The van der Waals surface area contributed by atoms with Gasteiger partial charge in [-0.1, -0.05) is 18.2 Å². The molecule has 2 aromatic carbocycles. The maximum Gasteiger partial charge on any atom is 0.142 e. The van der Waals surface area contributed by atoms with Crippen molar-refractivity contribution in [2.24, 2.45) is 5.73 Å². The van der Waals surface area contributed by atoms with Crippen LogP contribution in [0.2, 0.25) is 0 Å². The molecular weight excluding hydrogens is 274 g/mol. The van der Waals surface area contributed by atoms with Crippen LogP contribution in [0.25, 0.3) is 0 Å². The topological polar surface area (TPSA) is 38.5 Å². The molecule has 2 aromatic rings. The van der Waals surface area contributed by atoms with Crippen molar-refractivity contribution in [3.05, 3.63) is 59.7 Å². The van der Waals surface area contributed by atoms with E-state index in [4.69, 9.17) is 10.5 Å². The third-order valence-corrected chi connectivity index (χ3v) is 3.48. The smallest absolute Gasteiger partial charge is 0.142 e. The van der Waals surface area contributed by atoms with E-state index >= 15 is 0 Å². The molecule has 0 fully saturated rings. The lowest BCUT2D eigenvalue weighted by molar-refractivity contribution is 0.413. The Labute approximate surface area is 122 Å². The molecule has 2 rings (SSSR count). The predicted octanol–water partition coefficient (Wildman–Crippen LogP) is 3.11. The molecule has 112 valence electrons. The van der Waals surface area contributed by atoms with Crippen LogP contribution in [-0.2, 0) is 0 Å².